The molecule has 0 spiro atoms. The van der Waals surface area contributed by atoms with E-state index < -0.39 is 11.1 Å². The second-order valence-electron chi connectivity index (χ2n) is 7.06. The number of benzene rings is 1. The quantitative estimate of drug-likeness (QED) is 0.835. The molecule has 130 valence electrons. The minimum absolute atomic E-state index is 0.0216. The zero-order chi connectivity index (χ0) is 18.0. The molecule has 2 rings (SSSR count). The van der Waals surface area contributed by atoms with Crippen molar-refractivity contribution in [1.82, 2.24) is 10.6 Å². The van der Waals surface area contributed by atoms with Crippen molar-refractivity contribution in [3.8, 4) is 17.6 Å². The third kappa shape index (κ3) is 3.80. The number of carbonyl (C=O) groups is 1. The lowest BCUT2D eigenvalue weighted by molar-refractivity contribution is -0.122. The summed E-state index contributed by atoms with van der Waals surface area (Å²) in [5.41, 5.74) is -0.313. The van der Waals surface area contributed by atoms with Crippen LogP contribution in [0.2, 0.25) is 0 Å². The van der Waals surface area contributed by atoms with Crippen LogP contribution in [-0.2, 0) is 10.3 Å². The Morgan fingerprint density at radius 2 is 1.96 bits per heavy atom. The van der Waals surface area contributed by atoms with Crippen LogP contribution in [0.25, 0.3) is 0 Å². The molecule has 1 aliphatic rings. The molecule has 1 heterocycles. The van der Waals surface area contributed by atoms with E-state index in [-0.39, 0.29) is 25.2 Å². The molecule has 0 radical (unpaired) electrons. The normalized spacial score (nSPS) is 15.7. The Hall–Kier alpha value is -2.26. The number of ether oxygens (including phenoxy) is 2. The molecule has 0 aliphatic carbocycles. The van der Waals surface area contributed by atoms with Gasteiger partial charge in [-0.05, 0) is 44.4 Å². The summed E-state index contributed by atoms with van der Waals surface area (Å²) in [7, 11) is 0. The van der Waals surface area contributed by atoms with Crippen LogP contribution >= 0.6 is 0 Å². The molecule has 1 unspecified atom stereocenters. The van der Waals surface area contributed by atoms with Crippen molar-refractivity contribution in [2.75, 3.05) is 13.3 Å². The number of nitrogens with one attached hydrogen (secondary N) is 2. The SMILES string of the molecule is CC(C)C(C)(C#N)NC(=O)CNC(C)(C)c1ccc2c(c1)OCO2. The zero-order valence-corrected chi connectivity index (χ0v) is 14.9. The second kappa shape index (κ2) is 6.70. The Labute approximate surface area is 143 Å². The maximum atomic E-state index is 12.2. The molecule has 0 saturated carbocycles. The highest BCUT2D eigenvalue weighted by atomic mass is 16.7. The number of rotatable bonds is 6. The van der Waals surface area contributed by atoms with E-state index in [0.29, 0.717) is 5.75 Å². The van der Waals surface area contributed by atoms with Gasteiger partial charge in [0.05, 0.1) is 12.6 Å². The van der Waals surface area contributed by atoms with Crippen molar-refractivity contribution in [3.05, 3.63) is 23.8 Å². The number of nitrogens with zero attached hydrogens (tertiary/aromatic N) is 1. The first kappa shape index (κ1) is 18.1. The van der Waals surface area contributed by atoms with Crippen LogP contribution in [0.5, 0.6) is 11.5 Å². The van der Waals surface area contributed by atoms with Gasteiger partial charge in [-0.1, -0.05) is 19.9 Å². The first-order valence-corrected chi connectivity index (χ1v) is 8.05. The molecule has 1 atom stereocenters. The van der Waals surface area contributed by atoms with Gasteiger partial charge in [0.2, 0.25) is 12.7 Å². The Bertz CT molecular complexity index is 664. The van der Waals surface area contributed by atoms with E-state index in [0.717, 1.165) is 11.3 Å². The fourth-order valence-corrected chi connectivity index (χ4v) is 2.32. The predicted octanol–water partition coefficient (Wildman–Crippen LogP) is 2.29. The molecule has 1 amide bonds. The summed E-state index contributed by atoms with van der Waals surface area (Å²) in [4.78, 5) is 12.2. The van der Waals surface area contributed by atoms with Crippen LogP contribution in [0.3, 0.4) is 0 Å². The van der Waals surface area contributed by atoms with Crippen molar-refractivity contribution < 1.29 is 14.3 Å². The lowest BCUT2D eigenvalue weighted by Gasteiger charge is -2.30. The molecule has 1 aromatic rings. The van der Waals surface area contributed by atoms with Gasteiger partial charge in [0.25, 0.3) is 0 Å². The van der Waals surface area contributed by atoms with Gasteiger partial charge in [0.15, 0.2) is 11.5 Å². The number of amides is 1. The number of carbonyl (C=O) groups excluding carboxylic acids is 1. The molecular formula is C18H25N3O3. The van der Waals surface area contributed by atoms with Gasteiger partial charge >= 0.3 is 0 Å². The van der Waals surface area contributed by atoms with Crippen LogP contribution < -0.4 is 20.1 Å². The summed E-state index contributed by atoms with van der Waals surface area (Å²) >= 11 is 0. The molecule has 6 nitrogen and oxygen atoms in total. The van der Waals surface area contributed by atoms with E-state index in [2.05, 4.69) is 16.7 Å². The number of hydrogen-bond acceptors (Lipinski definition) is 5. The third-order valence-electron chi connectivity index (χ3n) is 4.57. The molecule has 6 heteroatoms. The van der Waals surface area contributed by atoms with Gasteiger partial charge in [0, 0.05) is 5.54 Å². The van der Waals surface area contributed by atoms with Gasteiger partial charge in [-0.15, -0.1) is 0 Å². The minimum Gasteiger partial charge on any atom is -0.454 e. The van der Waals surface area contributed by atoms with Gasteiger partial charge in [-0.25, -0.2) is 0 Å². The van der Waals surface area contributed by atoms with Crippen molar-refractivity contribution in [2.24, 2.45) is 5.92 Å². The van der Waals surface area contributed by atoms with E-state index in [1.165, 1.54) is 0 Å². The van der Waals surface area contributed by atoms with Crippen molar-refractivity contribution >= 4 is 5.91 Å². The molecule has 0 bridgehead atoms. The molecular weight excluding hydrogens is 306 g/mol. The summed E-state index contributed by atoms with van der Waals surface area (Å²) in [5, 5.41) is 15.3. The molecule has 0 fully saturated rings. The first-order chi connectivity index (χ1) is 11.2. The molecule has 0 aromatic heterocycles. The van der Waals surface area contributed by atoms with E-state index in [4.69, 9.17) is 9.47 Å². The number of fused-ring (bicyclic) bond motifs is 1. The molecule has 1 aromatic carbocycles. The Morgan fingerprint density at radius 1 is 1.29 bits per heavy atom. The maximum absolute atomic E-state index is 12.2. The summed E-state index contributed by atoms with van der Waals surface area (Å²) in [6, 6.07) is 7.91. The highest BCUT2D eigenvalue weighted by Crippen LogP contribution is 2.35. The van der Waals surface area contributed by atoms with Crippen LogP contribution in [0.15, 0.2) is 18.2 Å². The highest BCUT2D eigenvalue weighted by Gasteiger charge is 2.31. The van der Waals surface area contributed by atoms with Crippen molar-refractivity contribution in [2.45, 2.75) is 45.7 Å². The Morgan fingerprint density at radius 3 is 2.58 bits per heavy atom. The highest BCUT2D eigenvalue weighted by molar-refractivity contribution is 5.79. The topological polar surface area (TPSA) is 83.4 Å². The summed E-state index contributed by atoms with van der Waals surface area (Å²) < 4.78 is 10.7. The first-order valence-electron chi connectivity index (χ1n) is 8.05. The average molecular weight is 331 g/mol. The number of hydrogen-bond donors (Lipinski definition) is 2. The summed E-state index contributed by atoms with van der Waals surface area (Å²) in [6.07, 6.45) is 0. The molecule has 0 saturated heterocycles. The lowest BCUT2D eigenvalue weighted by atomic mass is 9.90. The van der Waals surface area contributed by atoms with E-state index >= 15 is 0 Å². The number of nitriles is 1. The van der Waals surface area contributed by atoms with E-state index in [1.54, 1.807) is 6.92 Å². The van der Waals surface area contributed by atoms with Gasteiger partial charge in [-0.2, -0.15) is 5.26 Å². The fraction of sp³-hybridized carbons (Fsp3) is 0.556. The largest absolute Gasteiger partial charge is 0.454 e. The summed E-state index contributed by atoms with van der Waals surface area (Å²) in [5.74, 6) is 1.26. The average Bonchev–Trinajstić information content (AvgIpc) is 3.00. The van der Waals surface area contributed by atoms with Crippen LogP contribution in [0, 0.1) is 17.2 Å². The van der Waals surface area contributed by atoms with Gasteiger partial charge < -0.3 is 14.8 Å². The van der Waals surface area contributed by atoms with E-state index in [9.17, 15) is 10.1 Å². The molecule has 2 N–H and O–H groups in total. The maximum Gasteiger partial charge on any atom is 0.235 e. The van der Waals surface area contributed by atoms with Crippen LogP contribution in [0.1, 0.15) is 40.2 Å². The van der Waals surface area contributed by atoms with Gasteiger partial charge in [-0.3, -0.25) is 10.1 Å². The molecule has 1 aliphatic heterocycles. The molecule has 24 heavy (non-hydrogen) atoms. The Balaban J connectivity index is 2.00. The second-order valence-corrected chi connectivity index (χ2v) is 7.06. The van der Waals surface area contributed by atoms with Gasteiger partial charge in [0.1, 0.15) is 5.54 Å². The fourth-order valence-electron chi connectivity index (χ4n) is 2.32. The predicted molar refractivity (Wildman–Crippen MR) is 90.6 cm³/mol. The van der Waals surface area contributed by atoms with Crippen LogP contribution in [0.4, 0.5) is 0 Å². The standard InChI is InChI=1S/C18H25N3O3/c1-12(2)18(5,10-19)21-16(22)9-20-17(3,4)13-6-7-14-15(8-13)24-11-23-14/h6-8,12,20H,9,11H2,1-5H3,(H,21,22). The smallest absolute Gasteiger partial charge is 0.235 e. The third-order valence-corrected chi connectivity index (χ3v) is 4.57. The van der Waals surface area contributed by atoms with E-state index in [1.807, 2.05) is 45.9 Å². The lowest BCUT2D eigenvalue weighted by Crippen LogP contribution is -2.53. The summed E-state index contributed by atoms with van der Waals surface area (Å²) in [6.45, 7) is 9.88. The monoisotopic (exact) mass is 331 g/mol. The van der Waals surface area contributed by atoms with Crippen LogP contribution in [-0.4, -0.2) is 24.8 Å². The minimum atomic E-state index is -0.873. The Kier molecular flexibility index (Phi) is 5.05. The van der Waals surface area contributed by atoms with Crippen molar-refractivity contribution in [3.63, 3.8) is 0 Å². The van der Waals surface area contributed by atoms with Crippen molar-refractivity contribution in [1.29, 1.82) is 5.26 Å². The zero-order valence-electron chi connectivity index (χ0n) is 14.9.